The van der Waals surface area contributed by atoms with Gasteiger partial charge in [0.1, 0.15) is 0 Å². The number of hydrogen-bond donors (Lipinski definition) is 1. The summed E-state index contributed by atoms with van der Waals surface area (Å²) in [6.45, 7) is 2.99. The second kappa shape index (κ2) is 3.90. The molecule has 10 heavy (non-hydrogen) atoms. The van der Waals surface area contributed by atoms with Crippen molar-refractivity contribution in [2.45, 2.75) is 24.6 Å². The molecule has 0 aromatic heterocycles. The van der Waals surface area contributed by atoms with E-state index < -0.39 is 0 Å². The van der Waals surface area contributed by atoms with Crippen molar-refractivity contribution in [2.24, 2.45) is 0 Å². The van der Waals surface area contributed by atoms with Gasteiger partial charge in [-0.2, -0.15) is 11.8 Å². The predicted octanol–water partition coefficient (Wildman–Crippen LogP) is 1.10. The molecule has 0 radical (unpaired) electrons. The molecule has 56 valence electrons. The summed E-state index contributed by atoms with van der Waals surface area (Å²) in [5.74, 6) is 3.81. The molecule has 1 aliphatic heterocycles. The molecule has 1 rings (SSSR count). The number of hydrogen-bond acceptors (Lipinski definition) is 2. The molecule has 0 amide bonds. The lowest BCUT2D eigenvalue weighted by atomic mass is 10.2. The van der Waals surface area contributed by atoms with Crippen molar-refractivity contribution in [1.29, 1.82) is 0 Å². The predicted molar refractivity (Wildman–Crippen MR) is 47.2 cm³/mol. The minimum Gasteiger partial charge on any atom is -0.303 e. The van der Waals surface area contributed by atoms with E-state index in [9.17, 15) is 0 Å². The fraction of sp³-hybridized carbons (Fsp3) is 0.750. The third-order valence-corrected chi connectivity index (χ3v) is 3.05. The average Bonchev–Trinajstić information content (AvgIpc) is 2.31. The van der Waals surface area contributed by atoms with Crippen LogP contribution < -0.4 is 5.32 Å². The molecule has 2 unspecified atom stereocenters. The maximum Gasteiger partial charge on any atom is 0.0576 e. The Bertz CT molecular complexity index is 139. The molecule has 1 fully saturated rings. The van der Waals surface area contributed by atoms with Gasteiger partial charge in [-0.25, -0.2) is 0 Å². The molecule has 1 heterocycles. The van der Waals surface area contributed by atoms with E-state index in [1.165, 1.54) is 12.2 Å². The highest BCUT2D eigenvalue weighted by atomic mass is 32.2. The summed E-state index contributed by atoms with van der Waals surface area (Å²) >= 11 is 2.02. The van der Waals surface area contributed by atoms with Crippen LogP contribution in [0.15, 0.2) is 0 Å². The molecule has 2 heteroatoms. The zero-order valence-electron chi connectivity index (χ0n) is 6.26. The Hall–Kier alpha value is -0.130. The van der Waals surface area contributed by atoms with Crippen LogP contribution in [0.2, 0.25) is 0 Å². The van der Waals surface area contributed by atoms with Crippen molar-refractivity contribution in [3.63, 3.8) is 0 Å². The van der Waals surface area contributed by atoms with Crippen LogP contribution in [0.5, 0.6) is 0 Å². The highest BCUT2D eigenvalue weighted by molar-refractivity contribution is 8.00. The topological polar surface area (TPSA) is 12.0 Å². The molecule has 0 aromatic carbocycles. The zero-order chi connectivity index (χ0) is 7.40. The summed E-state index contributed by atoms with van der Waals surface area (Å²) in [6.07, 6.45) is 6.39. The Kier molecular flexibility index (Phi) is 3.11. The Morgan fingerprint density at radius 3 is 3.10 bits per heavy atom. The molecule has 2 atom stereocenters. The van der Waals surface area contributed by atoms with Crippen molar-refractivity contribution in [3.05, 3.63) is 0 Å². The molecule has 0 spiro atoms. The average molecular weight is 155 g/mol. The van der Waals surface area contributed by atoms with Gasteiger partial charge in [-0.1, -0.05) is 12.8 Å². The van der Waals surface area contributed by atoms with Crippen molar-refractivity contribution < 1.29 is 0 Å². The molecule has 0 aliphatic carbocycles. The van der Waals surface area contributed by atoms with Gasteiger partial charge in [-0.15, -0.1) is 6.42 Å². The second-order valence-corrected chi connectivity index (χ2v) is 4.13. The fourth-order valence-corrected chi connectivity index (χ4v) is 2.35. The number of terminal acetylenes is 1. The Morgan fingerprint density at radius 2 is 2.60 bits per heavy atom. The van der Waals surface area contributed by atoms with Crippen LogP contribution >= 0.6 is 11.8 Å². The van der Waals surface area contributed by atoms with Crippen LogP contribution in [-0.4, -0.2) is 23.6 Å². The fourth-order valence-electron chi connectivity index (χ4n) is 1.16. The first kappa shape index (κ1) is 7.97. The summed E-state index contributed by atoms with van der Waals surface area (Å²) < 4.78 is 0. The van der Waals surface area contributed by atoms with Gasteiger partial charge in [0.2, 0.25) is 0 Å². The van der Waals surface area contributed by atoms with E-state index in [4.69, 9.17) is 6.42 Å². The highest BCUT2D eigenvalue weighted by Crippen LogP contribution is 2.25. The van der Waals surface area contributed by atoms with Crippen LogP contribution in [0.25, 0.3) is 0 Å². The largest absolute Gasteiger partial charge is 0.303 e. The van der Waals surface area contributed by atoms with Crippen LogP contribution in [0, 0.1) is 12.3 Å². The van der Waals surface area contributed by atoms with Crippen LogP contribution in [0.1, 0.15) is 13.3 Å². The summed E-state index contributed by atoms with van der Waals surface area (Å²) in [5, 5.41) is 4.12. The number of rotatable bonds is 2. The molecule has 1 aliphatic rings. The Balaban J connectivity index is 2.14. The first-order valence-electron chi connectivity index (χ1n) is 3.61. The maximum absolute atomic E-state index is 5.12. The molecule has 0 bridgehead atoms. The normalized spacial score (nSPS) is 32.0. The molecule has 0 saturated carbocycles. The van der Waals surface area contributed by atoms with Gasteiger partial charge in [-0.05, 0) is 6.42 Å². The van der Waals surface area contributed by atoms with E-state index >= 15 is 0 Å². The molecule has 1 N–H and O–H groups in total. The van der Waals surface area contributed by atoms with Crippen molar-refractivity contribution in [2.75, 3.05) is 12.3 Å². The minimum atomic E-state index is 0.663. The monoisotopic (exact) mass is 155 g/mol. The lowest BCUT2D eigenvalue weighted by molar-refractivity contribution is 0.575. The van der Waals surface area contributed by atoms with Crippen LogP contribution in [-0.2, 0) is 0 Å². The molecular weight excluding hydrogens is 142 g/mol. The van der Waals surface area contributed by atoms with E-state index in [0.29, 0.717) is 6.04 Å². The second-order valence-electron chi connectivity index (χ2n) is 2.66. The van der Waals surface area contributed by atoms with Crippen molar-refractivity contribution in [3.8, 4) is 12.3 Å². The molecular formula is C8H13NS. The van der Waals surface area contributed by atoms with E-state index in [1.54, 1.807) is 0 Å². The van der Waals surface area contributed by atoms with E-state index in [1.807, 2.05) is 11.8 Å². The molecule has 0 aromatic rings. The first-order chi connectivity index (χ1) is 4.83. The maximum atomic E-state index is 5.12. The van der Waals surface area contributed by atoms with Gasteiger partial charge in [0, 0.05) is 17.0 Å². The summed E-state index contributed by atoms with van der Waals surface area (Å²) in [7, 11) is 0. The van der Waals surface area contributed by atoms with Crippen LogP contribution in [0.3, 0.4) is 0 Å². The van der Waals surface area contributed by atoms with Gasteiger partial charge < -0.3 is 5.32 Å². The summed E-state index contributed by atoms with van der Waals surface area (Å²) in [6, 6.07) is 0.663. The van der Waals surface area contributed by atoms with E-state index in [0.717, 1.165) is 11.8 Å². The lowest BCUT2D eigenvalue weighted by Crippen LogP contribution is -2.29. The van der Waals surface area contributed by atoms with Gasteiger partial charge in [0.25, 0.3) is 0 Å². The van der Waals surface area contributed by atoms with E-state index in [-0.39, 0.29) is 0 Å². The molecule has 1 saturated heterocycles. The van der Waals surface area contributed by atoms with Gasteiger partial charge in [0.15, 0.2) is 0 Å². The third-order valence-electron chi connectivity index (χ3n) is 1.69. The minimum absolute atomic E-state index is 0.663. The zero-order valence-corrected chi connectivity index (χ0v) is 7.08. The summed E-state index contributed by atoms with van der Waals surface area (Å²) in [5.41, 5.74) is 0. The Morgan fingerprint density at radius 1 is 1.80 bits per heavy atom. The third kappa shape index (κ3) is 2.24. The number of thioether (sulfide) groups is 1. The van der Waals surface area contributed by atoms with Crippen molar-refractivity contribution >= 4 is 11.8 Å². The number of nitrogens with one attached hydrogen (secondary N) is 1. The Labute approximate surface area is 67.0 Å². The molecule has 1 nitrogen and oxygen atoms in total. The van der Waals surface area contributed by atoms with Gasteiger partial charge in [-0.3, -0.25) is 0 Å². The van der Waals surface area contributed by atoms with Crippen molar-refractivity contribution in [1.82, 2.24) is 5.32 Å². The standard InChI is InChI=1S/C8H13NS/c1-3-4-9-8-5-7(2)10-6-8/h1,7-9H,4-6H2,2H3. The smallest absolute Gasteiger partial charge is 0.0576 e. The van der Waals surface area contributed by atoms with E-state index in [2.05, 4.69) is 18.2 Å². The first-order valence-corrected chi connectivity index (χ1v) is 4.66. The van der Waals surface area contributed by atoms with Gasteiger partial charge in [0.05, 0.1) is 6.54 Å². The summed E-state index contributed by atoms with van der Waals surface area (Å²) in [4.78, 5) is 0. The SMILES string of the molecule is C#CCNC1CSC(C)C1. The lowest BCUT2D eigenvalue weighted by Gasteiger charge is -2.06. The van der Waals surface area contributed by atoms with Crippen LogP contribution in [0.4, 0.5) is 0 Å². The highest BCUT2D eigenvalue weighted by Gasteiger charge is 2.20. The quantitative estimate of drug-likeness (QED) is 0.599. The van der Waals surface area contributed by atoms with Gasteiger partial charge >= 0.3 is 0 Å².